The van der Waals surface area contributed by atoms with Crippen LogP contribution in [0.5, 0.6) is 0 Å². The number of nitrogens with one attached hydrogen (secondary N) is 1. The van der Waals surface area contributed by atoms with E-state index in [2.05, 4.69) is 17.1 Å². The van der Waals surface area contributed by atoms with E-state index in [4.69, 9.17) is 5.73 Å². The largest absolute Gasteiger partial charge is 0.369 e. The van der Waals surface area contributed by atoms with E-state index in [1.165, 1.54) is 5.56 Å². The van der Waals surface area contributed by atoms with Gasteiger partial charge >= 0.3 is 0 Å². The maximum Gasteiger partial charge on any atom is 0.238 e. The van der Waals surface area contributed by atoms with Crippen molar-refractivity contribution in [3.05, 3.63) is 29.8 Å². The van der Waals surface area contributed by atoms with Gasteiger partial charge in [-0.1, -0.05) is 19.1 Å². The molecule has 21 heavy (non-hydrogen) atoms. The molecular formula is C16H23N3O2. The standard InChI is InChI=1S/C16H23N3O2/c1-2-12-3-5-14(6-4-12)18-15(20)11-19-9-7-13(8-10-19)16(17)21/h3-6,13H,2,7-11H2,1H3,(H2,17,21)(H,18,20). The van der Waals surface area contributed by atoms with E-state index < -0.39 is 0 Å². The van der Waals surface area contributed by atoms with Crippen molar-refractivity contribution < 1.29 is 9.59 Å². The van der Waals surface area contributed by atoms with E-state index >= 15 is 0 Å². The molecule has 1 fully saturated rings. The van der Waals surface area contributed by atoms with Gasteiger partial charge < -0.3 is 11.1 Å². The zero-order valence-electron chi connectivity index (χ0n) is 12.5. The average Bonchev–Trinajstić information content (AvgIpc) is 2.48. The lowest BCUT2D eigenvalue weighted by atomic mass is 9.96. The third-order valence-corrected chi connectivity index (χ3v) is 4.00. The summed E-state index contributed by atoms with van der Waals surface area (Å²) in [7, 11) is 0. The van der Waals surface area contributed by atoms with Crippen molar-refractivity contribution >= 4 is 17.5 Å². The second-order valence-corrected chi connectivity index (χ2v) is 5.55. The number of benzene rings is 1. The van der Waals surface area contributed by atoms with Crippen LogP contribution in [0.4, 0.5) is 5.69 Å². The molecule has 0 atom stereocenters. The second kappa shape index (κ2) is 7.22. The van der Waals surface area contributed by atoms with E-state index in [-0.39, 0.29) is 17.7 Å². The van der Waals surface area contributed by atoms with Gasteiger partial charge in [-0.3, -0.25) is 14.5 Å². The molecule has 1 heterocycles. The van der Waals surface area contributed by atoms with Crippen LogP contribution in [0.25, 0.3) is 0 Å². The van der Waals surface area contributed by atoms with Crippen LogP contribution in [0.15, 0.2) is 24.3 Å². The second-order valence-electron chi connectivity index (χ2n) is 5.55. The fourth-order valence-corrected chi connectivity index (χ4v) is 2.60. The number of piperidine rings is 1. The molecule has 0 bridgehead atoms. The van der Waals surface area contributed by atoms with Gasteiger partial charge in [0.1, 0.15) is 0 Å². The van der Waals surface area contributed by atoms with Crippen LogP contribution < -0.4 is 11.1 Å². The first-order valence-corrected chi connectivity index (χ1v) is 7.49. The van der Waals surface area contributed by atoms with Crippen molar-refractivity contribution in [3.8, 4) is 0 Å². The van der Waals surface area contributed by atoms with Crippen LogP contribution in [0.3, 0.4) is 0 Å². The van der Waals surface area contributed by atoms with Gasteiger partial charge in [-0.15, -0.1) is 0 Å². The Morgan fingerprint density at radius 3 is 2.38 bits per heavy atom. The molecule has 0 spiro atoms. The van der Waals surface area contributed by atoms with Gasteiger partial charge in [-0.2, -0.15) is 0 Å². The Hall–Kier alpha value is -1.88. The quantitative estimate of drug-likeness (QED) is 0.860. The predicted molar refractivity (Wildman–Crippen MR) is 82.8 cm³/mol. The lowest BCUT2D eigenvalue weighted by Gasteiger charge is -2.29. The number of carbonyl (C=O) groups excluding carboxylic acids is 2. The van der Waals surface area contributed by atoms with E-state index in [9.17, 15) is 9.59 Å². The molecule has 2 amide bonds. The molecule has 1 aromatic carbocycles. The highest BCUT2D eigenvalue weighted by Crippen LogP contribution is 2.16. The number of hydrogen-bond acceptors (Lipinski definition) is 3. The maximum absolute atomic E-state index is 12.0. The third-order valence-electron chi connectivity index (χ3n) is 4.00. The number of rotatable bonds is 5. The fraction of sp³-hybridized carbons (Fsp3) is 0.500. The van der Waals surface area contributed by atoms with E-state index in [1.807, 2.05) is 24.3 Å². The SMILES string of the molecule is CCc1ccc(NC(=O)CN2CCC(C(N)=O)CC2)cc1. The van der Waals surface area contributed by atoms with Crippen LogP contribution in [-0.2, 0) is 16.0 Å². The number of likely N-dealkylation sites (tertiary alicyclic amines) is 1. The summed E-state index contributed by atoms with van der Waals surface area (Å²) in [6.45, 7) is 3.95. The summed E-state index contributed by atoms with van der Waals surface area (Å²) in [5.41, 5.74) is 7.38. The number of anilines is 1. The Labute approximate surface area is 125 Å². The summed E-state index contributed by atoms with van der Waals surface area (Å²) in [4.78, 5) is 25.2. The van der Waals surface area contributed by atoms with E-state index in [1.54, 1.807) is 0 Å². The predicted octanol–water partition coefficient (Wildman–Crippen LogP) is 1.38. The van der Waals surface area contributed by atoms with Crippen molar-refractivity contribution in [1.29, 1.82) is 0 Å². The van der Waals surface area contributed by atoms with Crippen molar-refractivity contribution in [3.63, 3.8) is 0 Å². The van der Waals surface area contributed by atoms with Crippen LogP contribution in [0.2, 0.25) is 0 Å². The van der Waals surface area contributed by atoms with Crippen molar-refractivity contribution in [2.45, 2.75) is 26.2 Å². The van der Waals surface area contributed by atoms with Gasteiger partial charge in [0.25, 0.3) is 0 Å². The van der Waals surface area contributed by atoms with E-state index in [0.29, 0.717) is 6.54 Å². The highest BCUT2D eigenvalue weighted by Gasteiger charge is 2.24. The normalized spacial score (nSPS) is 16.6. The molecule has 2 rings (SSSR count). The molecular weight excluding hydrogens is 266 g/mol. The Morgan fingerprint density at radius 2 is 1.86 bits per heavy atom. The molecule has 5 nitrogen and oxygen atoms in total. The number of primary amides is 1. The highest BCUT2D eigenvalue weighted by molar-refractivity contribution is 5.92. The highest BCUT2D eigenvalue weighted by atomic mass is 16.2. The number of nitrogens with zero attached hydrogens (tertiary/aromatic N) is 1. The smallest absolute Gasteiger partial charge is 0.238 e. The fourth-order valence-electron chi connectivity index (χ4n) is 2.60. The summed E-state index contributed by atoms with van der Waals surface area (Å²) in [6.07, 6.45) is 2.48. The van der Waals surface area contributed by atoms with Crippen LogP contribution in [0.1, 0.15) is 25.3 Å². The first-order chi connectivity index (χ1) is 10.1. The average molecular weight is 289 g/mol. The number of nitrogens with two attached hydrogens (primary N) is 1. The molecule has 5 heteroatoms. The molecule has 3 N–H and O–H groups in total. The minimum atomic E-state index is -0.227. The van der Waals surface area contributed by atoms with Crippen LogP contribution in [0, 0.1) is 5.92 Å². The molecule has 0 saturated carbocycles. The molecule has 1 saturated heterocycles. The van der Waals surface area contributed by atoms with Crippen molar-refractivity contribution in [2.75, 3.05) is 25.0 Å². The number of carbonyl (C=O) groups is 2. The summed E-state index contributed by atoms with van der Waals surface area (Å²) >= 11 is 0. The lowest BCUT2D eigenvalue weighted by molar-refractivity contribution is -0.123. The monoisotopic (exact) mass is 289 g/mol. The molecule has 1 aliphatic rings. The van der Waals surface area contributed by atoms with Crippen LogP contribution >= 0.6 is 0 Å². The summed E-state index contributed by atoms with van der Waals surface area (Å²) < 4.78 is 0. The Bertz CT molecular complexity index is 491. The molecule has 114 valence electrons. The minimum absolute atomic E-state index is 0.0169. The molecule has 1 aromatic rings. The zero-order valence-corrected chi connectivity index (χ0v) is 12.5. The topological polar surface area (TPSA) is 75.4 Å². The molecule has 0 unspecified atom stereocenters. The van der Waals surface area contributed by atoms with Gasteiger partial charge in [-0.05, 0) is 50.0 Å². The summed E-state index contributed by atoms with van der Waals surface area (Å²) in [6, 6.07) is 7.90. The molecule has 0 aromatic heterocycles. The van der Waals surface area contributed by atoms with Crippen molar-refractivity contribution in [1.82, 2.24) is 4.90 Å². The minimum Gasteiger partial charge on any atom is -0.369 e. The van der Waals surface area contributed by atoms with Crippen LogP contribution in [-0.4, -0.2) is 36.3 Å². The number of hydrogen-bond donors (Lipinski definition) is 2. The van der Waals surface area contributed by atoms with Gasteiger partial charge in [-0.25, -0.2) is 0 Å². The maximum atomic E-state index is 12.0. The first kappa shape index (κ1) is 15.5. The Balaban J connectivity index is 1.78. The van der Waals surface area contributed by atoms with Gasteiger partial charge in [0.05, 0.1) is 6.54 Å². The molecule has 1 aliphatic heterocycles. The molecule has 0 radical (unpaired) electrons. The molecule has 0 aliphatic carbocycles. The number of aryl methyl sites for hydroxylation is 1. The van der Waals surface area contributed by atoms with Gasteiger partial charge in [0.15, 0.2) is 0 Å². The zero-order chi connectivity index (χ0) is 15.2. The summed E-state index contributed by atoms with van der Waals surface area (Å²) in [5, 5.41) is 2.90. The van der Waals surface area contributed by atoms with Gasteiger partial charge in [0, 0.05) is 11.6 Å². The van der Waals surface area contributed by atoms with Gasteiger partial charge in [0.2, 0.25) is 11.8 Å². The first-order valence-electron chi connectivity index (χ1n) is 7.49. The van der Waals surface area contributed by atoms with Crippen molar-refractivity contribution in [2.24, 2.45) is 11.7 Å². The van der Waals surface area contributed by atoms with E-state index in [0.717, 1.165) is 38.0 Å². The summed E-state index contributed by atoms with van der Waals surface area (Å²) in [5.74, 6) is -0.280. The lowest BCUT2D eigenvalue weighted by Crippen LogP contribution is -2.42. The third kappa shape index (κ3) is 4.56. The number of amides is 2. The Morgan fingerprint density at radius 1 is 1.24 bits per heavy atom. The Kier molecular flexibility index (Phi) is 5.33.